The Morgan fingerprint density at radius 3 is 1.86 bits per heavy atom. The maximum atomic E-state index is 12.5. The molecule has 0 bridgehead atoms. The number of aromatic nitrogens is 3. The number of nitrogens with one attached hydrogen (secondary N) is 3. The topological polar surface area (TPSA) is 124 Å². The summed E-state index contributed by atoms with van der Waals surface area (Å²) in [4.78, 5) is 35.7. The molecule has 0 aliphatic heterocycles. The molecule has 0 spiro atoms. The van der Waals surface area contributed by atoms with Crippen molar-refractivity contribution in [1.29, 1.82) is 0 Å². The van der Waals surface area contributed by atoms with Crippen molar-refractivity contribution in [1.82, 2.24) is 25.8 Å². The van der Waals surface area contributed by atoms with E-state index in [-0.39, 0.29) is 5.69 Å². The summed E-state index contributed by atoms with van der Waals surface area (Å²) in [6.07, 6.45) is 9.54. The molecule has 0 aliphatic carbocycles. The first kappa shape index (κ1) is 19.6. The fourth-order valence-corrected chi connectivity index (χ4v) is 2.66. The van der Waals surface area contributed by atoms with Gasteiger partial charge in [-0.05, 0) is 54.8 Å². The van der Waals surface area contributed by atoms with E-state index in [0.717, 1.165) is 11.1 Å². The van der Waals surface area contributed by atoms with Crippen molar-refractivity contribution in [2.24, 2.45) is 10.2 Å². The quantitative estimate of drug-likeness (QED) is 0.440. The maximum absolute atomic E-state index is 12.5. The van der Waals surface area contributed by atoms with Gasteiger partial charge in [-0.1, -0.05) is 0 Å². The molecule has 9 heteroatoms. The number of aromatic amines is 1. The highest BCUT2D eigenvalue weighted by Crippen LogP contribution is 2.17. The summed E-state index contributed by atoms with van der Waals surface area (Å²) in [5.41, 5.74) is 8.20. The third-order valence-electron chi connectivity index (χ3n) is 4.06. The van der Waals surface area contributed by atoms with Crippen molar-refractivity contribution in [3.05, 3.63) is 82.7 Å². The number of carbonyl (C=O) groups is 2. The maximum Gasteiger partial charge on any atom is 0.288 e. The van der Waals surface area contributed by atoms with Crippen molar-refractivity contribution in [3.8, 4) is 0 Å². The normalized spacial score (nSPS) is 11.1. The number of pyridine rings is 2. The van der Waals surface area contributed by atoms with Gasteiger partial charge in [-0.2, -0.15) is 10.2 Å². The van der Waals surface area contributed by atoms with Crippen LogP contribution in [0.25, 0.3) is 0 Å². The van der Waals surface area contributed by atoms with Crippen LogP contribution < -0.4 is 10.9 Å². The van der Waals surface area contributed by atoms with Gasteiger partial charge < -0.3 is 4.98 Å². The van der Waals surface area contributed by atoms with E-state index in [1.165, 1.54) is 12.4 Å². The second kappa shape index (κ2) is 9.18. The molecule has 3 aromatic rings. The van der Waals surface area contributed by atoms with Crippen LogP contribution in [0.2, 0.25) is 0 Å². The smallest absolute Gasteiger partial charge is 0.288 e. The molecule has 0 atom stereocenters. The second-order valence-corrected chi connectivity index (χ2v) is 6.08. The molecule has 2 amide bonds. The van der Waals surface area contributed by atoms with E-state index in [1.807, 2.05) is 0 Å². The first-order valence-corrected chi connectivity index (χ1v) is 8.72. The summed E-state index contributed by atoms with van der Waals surface area (Å²) in [5.74, 6) is -0.865. The van der Waals surface area contributed by atoms with Gasteiger partial charge in [-0.25, -0.2) is 10.9 Å². The van der Waals surface area contributed by atoms with Gasteiger partial charge in [-0.3, -0.25) is 19.6 Å². The zero-order valence-electron chi connectivity index (χ0n) is 15.9. The lowest BCUT2D eigenvalue weighted by Crippen LogP contribution is -2.21. The van der Waals surface area contributed by atoms with Crippen LogP contribution in [0, 0.1) is 13.8 Å². The molecule has 0 saturated heterocycles. The molecular formula is C20H19N7O2. The van der Waals surface area contributed by atoms with Crippen molar-refractivity contribution >= 4 is 24.2 Å². The van der Waals surface area contributed by atoms with E-state index in [9.17, 15) is 9.59 Å². The first-order chi connectivity index (χ1) is 14.1. The number of rotatable bonds is 6. The van der Waals surface area contributed by atoms with Gasteiger partial charge in [0.1, 0.15) is 5.69 Å². The lowest BCUT2D eigenvalue weighted by Gasteiger charge is -2.02. The van der Waals surface area contributed by atoms with Crippen LogP contribution in [0.3, 0.4) is 0 Å². The summed E-state index contributed by atoms with van der Waals surface area (Å²) >= 11 is 0. The molecule has 0 unspecified atom stereocenters. The monoisotopic (exact) mass is 389 g/mol. The molecule has 9 nitrogen and oxygen atoms in total. The standard InChI is InChI=1S/C20H19N7O2/c1-13-17(19(28)26-23-11-15-3-7-21-8-4-15)14(2)25-18(13)20(29)27-24-12-16-5-9-22-10-6-16/h3-12,25H,1-2H3,(H,26,28)(H,27,29). The van der Waals surface area contributed by atoms with Gasteiger partial charge in [-0.15, -0.1) is 0 Å². The minimum atomic E-state index is -0.449. The number of nitrogens with zero attached hydrogens (tertiary/aromatic N) is 4. The Kier molecular flexibility index (Phi) is 6.21. The predicted molar refractivity (Wildman–Crippen MR) is 109 cm³/mol. The predicted octanol–water partition coefficient (Wildman–Crippen LogP) is 1.95. The number of hydrogen-bond acceptors (Lipinski definition) is 6. The molecule has 3 aromatic heterocycles. The van der Waals surface area contributed by atoms with Crippen molar-refractivity contribution in [2.45, 2.75) is 13.8 Å². The molecule has 0 fully saturated rings. The number of carbonyl (C=O) groups excluding carboxylic acids is 2. The number of amides is 2. The Bertz CT molecular complexity index is 1060. The number of hydrogen-bond donors (Lipinski definition) is 3. The van der Waals surface area contributed by atoms with Crippen LogP contribution in [0.5, 0.6) is 0 Å². The minimum Gasteiger partial charge on any atom is -0.354 e. The molecule has 146 valence electrons. The Balaban J connectivity index is 1.67. The van der Waals surface area contributed by atoms with E-state index in [1.54, 1.807) is 62.9 Å². The average Bonchev–Trinajstić information content (AvgIpc) is 3.03. The molecule has 29 heavy (non-hydrogen) atoms. The van der Waals surface area contributed by atoms with Gasteiger partial charge in [0.25, 0.3) is 11.8 Å². The molecular weight excluding hydrogens is 370 g/mol. The van der Waals surface area contributed by atoms with Crippen LogP contribution in [0.4, 0.5) is 0 Å². The fraction of sp³-hybridized carbons (Fsp3) is 0.100. The highest BCUT2D eigenvalue weighted by molar-refractivity contribution is 6.03. The Morgan fingerprint density at radius 1 is 0.862 bits per heavy atom. The SMILES string of the molecule is Cc1[nH]c(C(=O)NN=Cc2ccncc2)c(C)c1C(=O)NN=Cc1ccncc1. The number of aryl methyl sites for hydroxylation is 1. The van der Waals surface area contributed by atoms with E-state index >= 15 is 0 Å². The number of H-pyrrole nitrogens is 1. The number of hydrazone groups is 2. The molecule has 0 radical (unpaired) electrons. The zero-order valence-corrected chi connectivity index (χ0v) is 15.9. The molecule has 3 N–H and O–H groups in total. The highest BCUT2D eigenvalue weighted by Gasteiger charge is 2.21. The van der Waals surface area contributed by atoms with Crippen molar-refractivity contribution < 1.29 is 9.59 Å². The van der Waals surface area contributed by atoms with Crippen LogP contribution in [0.15, 0.2) is 59.3 Å². The minimum absolute atomic E-state index is 0.262. The lowest BCUT2D eigenvalue weighted by atomic mass is 10.1. The molecule has 0 aliphatic rings. The van der Waals surface area contributed by atoms with Gasteiger partial charge >= 0.3 is 0 Å². The summed E-state index contributed by atoms with van der Waals surface area (Å²) < 4.78 is 0. The first-order valence-electron chi connectivity index (χ1n) is 8.72. The van der Waals surface area contributed by atoms with Crippen LogP contribution in [-0.4, -0.2) is 39.2 Å². The Labute approximate surface area is 167 Å². The van der Waals surface area contributed by atoms with Gasteiger partial charge in [0.2, 0.25) is 0 Å². The van der Waals surface area contributed by atoms with Crippen molar-refractivity contribution in [2.75, 3.05) is 0 Å². The molecule has 3 rings (SSSR count). The largest absolute Gasteiger partial charge is 0.354 e. The van der Waals surface area contributed by atoms with Gasteiger partial charge in [0, 0.05) is 30.5 Å². The zero-order chi connectivity index (χ0) is 20.6. The van der Waals surface area contributed by atoms with E-state index in [2.05, 4.69) is 36.0 Å². The van der Waals surface area contributed by atoms with E-state index in [0.29, 0.717) is 16.8 Å². The van der Waals surface area contributed by atoms with E-state index in [4.69, 9.17) is 0 Å². The summed E-state index contributed by atoms with van der Waals surface area (Å²) in [6, 6.07) is 7.04. The average molecular weight is 389 g/mol. The van der Waals surface area contributed by atoms with Gasteiger partial charge in [0.05, 0.1) is 18.0 Å². The van der Waals surface area contributed by atoms with Crippen LogP contribution in [-0.2, 0) is 0 Å². The van der Waals surface area contributed by atoms with Crippen LogP contribution in [0.1, 0.15) is 43.2 Å². The summed E-state index contributed by atoms with van der Waals surface area (Å²) in [5, 5.41) is 7.87. The van der Waals surface area contributed by atoms with Gasteiger partial charge in [0.15, 0.2) is 0 Å². The van der Waals surface area contributed by atoms with Crippen LogP contribution >= 0.6 is 0 Å². The summed E-state index contributed by atoms with van der Waals surface area (Å²) in [6.45, 7) is 3.40. The second-order valence-electron chi connectivity index (χ2n) is 6.08. The van der Waals surface area contributed by atoms with E-state index < -0.39 is 11.8 Å². The summed E-state index contributed by atoms with van der Waals surface area (Å²) in [7, 11) is 0. The Morgan fingerprint density at radius 2 is 1.34 bits per heavy atom. The molecule has 3 heterocycles. The molecule has 0 aromatic carbocycles. The third kappa shape index (κ3) is 4.98. The Hall–Kier alpha value is -4.14. The highest BCUT2D eigenvalue weighted by atomic mass is 16.2. The fourth-order valence-electron chi connectivity index (χ4n) is 2.66. The third-order valence-corrected chi connectivity index (χ3v) is 4.06. The molecule has 0 saturated carbocycles. The lowest BCUT2D eigenvalue weighted by molar-refractivity contribution is 0.0948. The van der Waals surface area contributed by atoms with Crippen molar-refractivity contribution in [3.63, 3.8) is 0 Å².